The van der Waals surface area contributed by atoms with Crippen molar-refractivity contribution in [2.45, 2.75) is 37.5 Å². The lowest BCUT2D eigenvalue weighted by Crippen LogP contribution is -2.31. The molecule has 1 amide bonds. The first-order chi connectivity index (χ1) is 8.22. The number of hydrogen-bond donors (Lipinski definition) is 2. The van der Waals surface area contributed by atoms with Crippen LogP contribution in [-0.4, -0.2) is 34.4 Å². The van der Waals surface area contributed by atoms with Gasteiger partial charge in [-0.2, -0.15) is 0 Å². The van der Waals surface area contributed by atoms with Gasteiger partial charge in [0.25, 0.3) is 5.91 Å². The highest BCUT2D eigenvalue weighted by atomic mass is 16.5. The van der Waals surface area contributed by atoms with Crippen LogP contribution in [0.15, 0.2) is 12.1 Å². The average molecular weight is 234 g/mol. The van der Waals surface area contributed by atoms with E-state index in [1.165, 1.54) is 0 Å². The van der Waals surface area contributed by atoms with E-state index in [0.717, 1.165) is 19.3 Å². The number of hydrogen-bond acceptors (Lipinski definition) is 5. The largest absolute Gasteiger partial charge is 0.373 e. The molecule has 3 rings (SSSR count). The quantitative estimate of drug-likeness (QED) is 0.785. The summed E-state index contributed by atoms with van der Waals surface area (Å²) in [5.74, 6) is 0.100. The summed E-state index contributed by atoms with van der Waals surface area (Å²) in [6.45, 7) is 0. The van der Waals surface area contributed by atoms with Crippen molar-refractivity contribution < 1.29 is 9.53 Å². The van der Waals surface area contributed by atoms with E-state index < -0.39 is 5.91 Å². The van der Waals surface area contributed by atoms with Gasteiger partial charge in [-0.3, -0.25) is 4.79 Å². The summed E-state index contributed by atoms with van der Waals surface area (Å²) in [6, 6.07) is 3.60. The van der Waals surface area contributed by atoms with Crippen LogP contribution >= 0.6 is 0 Å². The molecule has 0 aliphatic carbocycles. The number of carbonyl (C=O) groups is 1. The van der Waals surface area contributed by atoms with Gasteiger partial charge in [0.2, 0.25) is 0 Å². The van der Waals surface area contributed by atoms with Gasteiger partial charge in [0, 0.05) is 0 Å². The van der Waals surface area contributed by atoms with Gasteiger partial charge in [0.05, 0.1) is 18.2 Å². The van der Waals surface area contributed by atoms with Crippen LogP contribution in [0.2, 0.25) is 0 Å². The smallest absolute Gasteiger partial charge is 0.269 e. The Balaban J connectivity index is 1.67. The standard InChI is InChI=1S/C11H14N4O2/c12-11(16)7-2-4-10(15-14-7)13-8-5-6-1-3-9(8)17-6/h2,4,6,8-9H,1,3,5H2,(H2,12,16)(H,13,15). The average Bonchev–Trinajstić information content (AvgIpc) is 2.91. The fourth-order valence-corrected chi connectivity index (χ4v) is 2.52. The third-order valence-corrected chi connectivity index (χ3v) is 3.36. The lowest BCUT2D eigenvalue weighted by atomic mass is 9.95. The Kier molecular flexibility index (Phi) is 2.44. The second kappa shape index (κ2) is 3.96. The van der Waals surface area contributed by atoms with Crippen LogP contribution < -0.4 is 11.1 Å². The molecule has 90 valence electrons. The maximum absolute atomic E-state index is 10.8. The molecule has 0 saturated carbocycles. The van der Waals surface area contributed by atoms with Crippen molar-refractivity contribution in [1.82, 2.24) is 10.2 Å². The zero-order valence-corrected chi connectivity index (χ0v) is 9.30. The van der Waals surface area contributed by atoms with E-state index in [1.54, 1.807) is 12.1 Å². The van der Waals surface area contributed by atoms with Crippen molar-refractivity contribution >= 4 is 11.7 Å². The number of ether oxygens (including phenoxy) is 1. The third-order valence-electron chi connectivity index (χ3n) is 3.36. The zero-order valence-electron chi connectivity index (χ0n) is 9.30. The first kappa shape index (κ1) is 10.5. The number of nitrogens with two attached hydrogens (primary N) is 1. The van der Waals surface area contributed by atoms with Crippen molar-refractivity contribution in [3.8, 4) is 0 Å². The highest BCUT2D eigenvalue weighted by Gasteiger charge is 2.40. The molecule has 1 aromatic heterocycles. The molecule has 0 aromatic carbocycles. The van der Waals surface area contributed by atoms with Gasteiger partial charge in [-0.15, -0.1) is 10.2 Å². The van der Waals surface area contributed by atoms with Crippen molar-refractivity contribution in [2.24, 2.45) is 5.73 Å². The Bertz CT molecular complexity index is 434. The van der Waals surface area contributed by atoms with E-state index in [9.17, 15) is 4.79 Å². The molecule has 2 aliphatic heterocycles. The van der Waals surface area contributed by atoms with Crippen LogP contribution in [0.3, 0.4) is 0 Å². The van der Waals surface area contributed by atoms with Crippen LogP contribution in [0, 0.1) is 0 Å². The summed E-state index contributed by atoms with van der Waals surface area (Å²) in [7, 11) is 0. The number of nitrogens with zero attached hydrogens (tertiary/aromatic N) is 2. The summed E-state index contributed by atoms with van der Waals surface area (Å²) in [5.41, 5.74) is 5.28. The molecule has 1 aromatic rings. The van der Waals surface area contributed by atoms with Gasteiger partial charge >= 0.3 is 0 Å². The van der Waals surface area contributed by atoms with E-state index in [1.807, 2.05) is 0 Å². The SMILES string of the molecule is NC(=O)c1ccc(NC2CC3CCC2O3)nn1. The molecule has 2 bridgehead atoms. The fourth-order valence-electron chi connectivity index (χ4n) is 2.52. The Morgan fingerprint density at radius 1 is 1.41 bits per heavy atom. The molecular formula is C11H14N4O2. The molecule has 2 aliphatic rings. The van der Waals surface area contributed by atoms with Crippen LogP contribution in [0.4, 0.5) is 5.82 Å². The highest BCUT2D eigenvalue weighted by molar-refractivity contribution is 5.90. The van der Waals surface area contributed by atoms with Crippen molar-refractivity contribution in [1.29, 1.82) is 0 Å². The molecule has 3 N–H and O–H groups in total. The van der Waals surface area contributed by atoms with Gasteiger partial charge in [-0.05, 0) is 31.4 Å². The van der Waals surface area contributed by atoms with E-state index in [2.05, 4.69) is 15.5 Å². The summed E-state index contributed by atoms with van der Waals surface area (Å²) in [6.07, 6.45) is 3.97. The number of aromatic nitrogens is 2. The third kappa shape index (κ3) is 1.95. The minimum atomic E-state index is -0.563. The number of fused-ring (bicyclic) bond motifs is 2. The summed E-state index contributed by atoms with van der Waals surface area (Å²) < 4.78 is 5.73. The van der Waals surface area contributed by atoms with E-state index in [0.29, 0.717) is 18.0 Å². The lowest BCUT2D eigenvalue weighted by Gasteiger charge is -2.20. The molecule has 3 unspecified atom stereocenters. The molecule has 2 fully saturated rings. The summed E-state index contributed by atoms with van der Waals surface area (Å²) in [5, 5.41) is 11.0. The molecule has 0 radical (unpaired) electrons. The minimum Gasteiger partial charge on any atom is -0.373 e. The number of amides is 1. The number of nitrogens with one attached hydrogen (secondary N) is 1. The lowest BCUT2D eigenvalue weighted by molar-refractivity contribution is 0.0993. The Hall–Kier alpha value is -1.69. The van der Waals surface area contributed by atoms with Crippen molar-refractivity contribution in [3.05, 3.63) is 17.8 Å². The summed E-state index contributed by atoms with van der Waals surface area (Å²) >= 11 is 0. The molecule has 3 atom stereocenters. The number of anilines is 1. The zero-order chi connectivity index (χ0) is 11.8. The van der Waals surface area contributed by atoms with Crippen molar-refractivity contribution in [3.63, 3.8) is 0 Å². The second-order valence-corrected chi connectivity index (χ2v) is 4.53. The predicted molar refractivity (Wildman–Crippen MR) is 60.5 cm³/mol. The van der Waals surface area contributed by atoms with E-state index in [-0.39, 0.29) is 11.8 Å². The van der Waals surface area contributed by atoms with Crippen LogP contribution in [0.5, 0.6) is 0 Å². The monoisotopic (exact) mass is 234 g/mol. The number of primary amides is 1. The van der Waals surface area contributed by atoms with Crippen LogP contribution in [-0.2, 0) is 4.74 Å². The van der Waals surface area contributed by atoms with Gasteiger partial charge in [0.15, 0.2) is 5.69 Å². The Morgan fingerprint density at radius 2 is 2.29 bits per heavy atom. The number of rotatable bonds is 3. The summed E-state index contributed by atoms with van der Waals surface area (Å²) in [4.78, 5) is 10.8. The molecule has 3 heterocycles. The molecule has 17 heavy (non-hydrogen) atoms. The van der Waals surface area contributed by atoms with Crippen molar-refractivity contribution in [2.75, 3.05) is 5.32 Å². The Labute approximate surface area is 98.5 Å². The Morgan fingerprint density at radius 3 is 2.82 bits per heavy atom. The van der Waals surface area contributed by atoms with Gasteiger partial charge in [-0.25, -0.2) is 0 Å². The molecule has 6 nitrogen and oxygen atoms in total. The predicted octanol–water partition coefficient (Wildman–Crippen LogP) is 0.307. The van der Waals surface area contributed by atoms with Gasteiger partial charge in [-0.1, -0.05) is 0 Å². The molecule has 6 heteroatoms. The topological polar surface area (TPSA) is 90.1 Å². The second-order valence-electron chi connectivity index (χ2n) is 4.53. The first-order valence-corrected chi connectivity index (χ1v) is 5.78. The molecular weight excluding hydrogens is 220 g/mol. The maximum Gasteiger partial charge on any atom is 0.269 e. The molecule has 2 saturated heterocycles. The normalized spacial score (nSPS) is 30.5. The molecule has 0 spiro atoms. The van der Waals surface area contributed by atoms with Gasteiger partial charge in [0.1, 0.15) is 5.82 Å². The number of carbonyl (C=O) groups excluding carboxylic acids is 1. The fraction of sp³-hybridized carbons (Fsp3) is 0.545. The minimum absolute atomic E-state index is 0.180. The van der Waals surface area contributed by atoms with E-state index >= 15 is 0 Å². The van der Waals surface area contributed by atoms with Crippen LogP contribution in [0.25, 0.3) is 0 Å². The van der Waals surface area contributed by atoms with E-state index in [4.69, 9.17) is 10.5 Å². The maximum atomic E-state index is 10.8. The van der Waals surface area contributed by atoms with Crippen LogP contribution in [0.1, 0.15) is 29.8 Å². The first-order valence-electron chi connectivity index (χ1n) is 5.78. The highest BCUT2D eigenvalue weighted by Crippen LogP contribution is 2.35. The van der Waals surface area contributed by atoms with Gasteiger partial charge < -0.3 is 15.8 Å².